The van der Waals surface area contributed by atoms with Gasteiger partial charge in [0.15, 0.2) is 0 Å². The van der Waals surface area contributed by atoms with E-state index < -0.39 is 8.07 Å². The molecule has 2 fully saturated rings. The molecule has 3 rings (SSSR count). The predicted molar refractivity (Wildman–Crippen MR) is 109 cm³/mol. The Kier molecular flexibility index (Phi) is 6.43. The zero-order valence-corrected chi connectivity index (χ0v) is 17.4. The van der Waals surface area contributed by atoms with Crippen molar-refractivity contribution in [1.82, 2.24) is 0 Å². The van der Waals surface area contributed by atoms with Gasteiger partial charge in [-0.1, -0.05) is 95.8 Å². The van der Waals surface area contributed by atoms with Gasteiger partial charge < -0.3 is 0 Å². The molecule has 1 heterocycles. The minimum Gasteiger partial charge on any atom is -0.0925 e. The highest BCUT2D eigenvalue weighted by atomic mass is 79.9. The van der Waals surface area contributed by atoms with Crippen LogP contribution in [0, 0.1) is 17.8 Å². The maximum absolute atomic E-state index is 3.69. The van der Waals surface area contributed by atoms with E-state index in [0.717, 1.165) is 17.8 Å². The first kappa shape index (κ1) is 17.7. The van der Waals surface area contributed by atoms with Crippen LogP contribution in [-0.2, 0) is 0 Å². The van der Waals surface area contributed by atoms with Crippen LogP contribution >= 0.6 is 15.9 Å². The molecule has 23 heavy (non-hydrogen) atoms. The summed E-state index contributed by atoms with van der Waals surface area (Å²) in [5.74, 6) is 3.06. The molecular weight excluding hydrogens is 360 g/mol. The van der Waals surface area contributed by atoms with E-state index in [2.05, 4.69) is 53.2 Å². The summed E-state index contributed by atoms with van der Waals surface area (Å²) >= 11 is 3.69. The zero-order chi connectivity index (χ0) is 16.1. The second-order valence-electron chi connectivity index (χ2n) is 8.17. The molecule has 1 aromatic carbocycles. The van der Waals surface area contributed by atoms with Gasteiger partial charge in [-0.05, 0) is 43.4 Å². The lowest BCUT2D eigenvalue weighted by atomic mass is 9.74. The molecule has 1 saturated heterocycles. The van der Waals surface area contributed by atoms with Gasteiger partial charge in [0, 0.05) is 5.33 Å². The van der Waals surface area contributed by atoms with E-state index in [1.165, 1.54) is 56.3 Å². The minimum absolute atomic E-state index is 0.965. The lowest BCUT2D eigenvalue weighted by Crippen LogP contribution is -2.50. The van der Waals surface area contributed by atoms with Crippen molar-refractivity contribution in [2.45, 2.75) is 70.0 Å². The van der Waals surface area contributed by atoms with E-state index in [1.54, 1.807) is 17.3 Å². The first-order valence-electron chi connectivity index (χ1n) is 9.89. The molecule has 0 N–H and O–H groups in total. The molecule has 1 saturated carbocycles. The monoisotopic (exact) mass is 392 g/mol. The van der Waals surface area contributed by atoms with Gasteiger partial charge in [-0.3, -0.25) is 0 Å². The largest absolute Gasteiger partial charge is 0.0925 e. The number of halogens is 1. The fourth-order valence-corrected chi connectivity index (χ4v) is 11.4. The molecule has 0 bridgehead atoms. The zero-order valence-electron chi connectivity index (χ0n) is 14.8. The molecule has 0 nitrogen and oxygen atoms in total. The number of hydrogen-bond acceptors (Lipinski definition) is 0. The average Bonchev–Trinajstić information content (AvgIpc) is 2.63. The van der Waals surface area contributed by atoms with Crippen LogP contribution in [-0.4, -0.2) is 13.4 Å². The molecule has 0 spiro atoms. The van der Waals surface area contributed by atoms with Crippen LogP contribution in [0.25, 0.3) is 0 Å². The topological polar surface area (TPSA) is 0 Å². The summed E-state index contributed by atoms with van der Waals surface area (Å²) in [6.45, 7) is 2.39. The van der Waals surface area contributed by atoms with Crippen molar-refractivity contribution in [3.63, 3.8) is 0 Å². The van der Waals surface area contributed by atoms with Crippen LogP contribution in [0.2, 0.25) is 18.1 Å². The Bertz CT molecular complexity index is 456. The van der Waals surface area contributed by atoms with Crippen LogP contribution in [0.4, 0.5) is 0 Å². The van der Waals surface area contributed by atoms with Crippen LogP contribution in [0.5, 0.6) is 0 Å². The summed E-state index contributed by atoms with van der Waals surface area (Å²) in [5.41, 5.74) is 0. The van der Waals surface area contributed by atoms with E-state index in [0.29, 0.717) is 0 Å². The van der Waals surface area contributed by atoms with Crippen LogP contribution in [0.1, 0.15) is 51.9 Å². The van der Waals surface area contributed by atoms with Crippen molar-refractivity contribution >= 4 is 29.2 Å². The molecule has 1 aliphatic heterocycles. The lowest BCUT2D eigenvalue weighted by molar-refractivity contribution is 0.200. The predicted octanol–water partition coefficient (Wildman–Crippen LogP) is 6.36. The van der Waals surface area contributed by atoms with Gasteiger partial charge in [0.2, 0.25) is 0 Å². The van der Waals surface area contributed by atoms with Crippen molar-refractivity contribution in [2.75, 3.05) is 5.33 Å². The number of alkyl halides is 1. The van der Waals surface area contributed by atoms with Crippen LogP contribution in [0.15, 0.2) is 30.3 Å². The van der Waals surface area contributed by atoms with E-state index in [9.17, 15) is 0 Å². The molecule has 0 aromatic heterocycles. The highest BCUT2D eigenvalue weighted by Crippen LogP contribution is 2.44. The van der Waals surface area contributed by atoms with Gasteiger partial charge in [0.05, 0.1) is 8.07 Å². The lowest BCUT2D eigenvalue weighted by Gasteiger charge is -2.43. The molecule has 0 unspecified atom stereocenters. The molecule has 0 atom stereocenters. The summed E-state index contributed by atoms with van der Waals surface area (Å²) < 4.78 is 0. The average molecular weight is 393 g/mol. The smallest absolute Gasteiger partial charge is 0.0867 e. The second-order valence-corrected chi connectivity index (χ2v) is 13.5. The normalized spacial score (nSPS) is 35.1. The van der Waals surface area contributed by atoms with Gasteiger partial charge in [-0.15, -0.1) is 0 Å². The fraction of sp³-hybridized carbons (Fsp3) is 0.714. The SMILES string of the molecule is CCC[Si]1(c2ccccc2)CCC([C@H]2CC[C@H](CBr)CC2)CC1. The van der Waals surface area contributed by atoms with E-state index in [4.69, 9.17) is 0 Å². The van der Waals surface area contributed by atoms with Gasteiger partial charge in [0.25, 0.3) is 0 Å². The Morgan fingerprint density at radius 2 is 1.52 bits per heavy atom. The van der Waals surface area contributed by atoms with E-state index in [1.807, 2.05) is 0 Å². The third-order valence-electron chi connectivity index (χ3n) is 6.88. The summed E-state index contributed by atoms with van der Waals surface area (Å²) in [7, 11) is -1.19. The van der Waals surface area contributed by atoms with Crippen LogP contribution in [0.3, 0.4) is 0 Å². The molecule has 1 aliphatic carbocycles. The first-order valence-corrected chi connectivity index (χ1v) is 13.6. The number of hydrogen-bond donors (Lipinski definition) is 0. The Morgan fingerprint density at radius 3 is 2.09 bits per heavy atom. The highest BCUT2D eigenvalue weighted by Gasteiger charge is 2.40. The van der Waals surface area contributed by atoms with Crippen molar-refractivity contribution < 1.29 is 0 Å². The first-order chi connectivity index (χ1) is 11.3. The van der Waals surface area contributed by atoms with E-state index in [-0.39, 0.29) is 0 Å². The summed E-state index contributed by atoms with van der Waals surface area (Å²) in [6, 6.07) is 16.3. The summed E-state index contributed by atoms with van der Waals surface area (Å²) in [4.78, 5) is 0. The van der Waals surface area contributed by atoms with Gasteiger partial charge >= 0.3 is 0 Å². The van der Waals surface area contributed by atoms with E-state index >= 15 is 0 Å². The summed E-state index contributed by atoms with van der Waals surface area (Å²) in [6.07, 6.45) is 10.4. The Morgan fingerprint density at radius 1 is 0.913 bits per heavy atom. The van der Waals surface area contributed by atoms with Crippen molar-refractivity contribution in [3.8, 4) is 0 Å². The molecular formula is C21H33BrSi. The van der Waals surface area contributed by atoms with Gasteiger partial charge in [-0.25, -0.2) is 0 Å². The Balaban J connectivity index is 1.62. The van der Waals surface area contributed by atoms with Crippen molar-refractivity contribution in [2.24, 2.45) is 17.8 Å². The molecule has 1 aromatic rings. The standard InChI is InChI=1S/C21H33BrSi/c1-2-14-23(21-6-4-3-5-7-21)15-12-20(13-16-23)19-10-8-18(17-22)9-11-19/h3-7,18-20H,2,8-17H2,1H3/t18-,19-,20?,23?. The van der Waals surface area contributed by atoms with Gasteiger partial charge in [-0.2, -0.15) is 0 Å². The highest BCUT2D eigenvalue weighted by molar-refractivity contribution is 9.09. The third-order valence-corrected chi connectivity index (χ3v) is 13.3. The second kappa shape index (κ2) is 8.34. The molecule has 0 radical (unpaired) electrons. The minimum atomic E-state index is -1.19. The molecule has 2 heteroatoms. The quantitative estimate of drug-likeness (QED) is 0.403. The van der Waals surface area contributed by atoms with Gasteiger partial charge in [0.1, 0.15) is 0 Å². The maximum atomic E-state index is 3.69. The number of benzene rings is 1. The maximum Gasteiger partial charge on any atom is 0.0867 e. The van der Waals surface area contributed by atoms with Crippen molar-refractivity contribution in [3.05, 3.63) is 30.3 Å². The number of rotatable bonds is 5. The molecule has 128 valence electrons. The molecule has 2 aliphatic rings. The summed E-state index contributed by atoms with van der Waals surface area (Å²) in [5, 5.41) is 2.98. The Hall–Kier alpha value is -0.0831. The third kappa shape index (κ3) is 4.12. The fourth-order valence-electron chi connectivity index (χ4n) is 5.43. The molecule has 0 amide bonds. The van der Waals surface area contributed by atoms with Crippen molar-refractivity contribution in [1.29, 1.82) is 0 Å². The van der Waals surface area contributed by atoms with Crippen LogP contribution < -0.4 is 5.19 Å². The Labute approximate surface area is 152 Å².